The predicted molar refractivity (Wildman–Crippen MR) is 144 cm³/mol. The van der Waals surface area contributed by atoms with E-state index in [0.29, 0.717) is 5.56 Å². The van der Waals surface area contributed by atoms with Crippen LogP contribution in [0.3, 0.4) is 0 Å². The van der Waals surface area contributed by atoms with E-state index in [1.165, 1.54) is 50.6 Å². The molecule has 15 heteroatoms. The van der Waals surface area contributed by atoms with E-state index < -0.39 is 74.0 Å². The summed E-state index contributed by atoms with van der Waals surface area (Å²) in [4.78, 5) is 12.8. The quantitative estimate of drug-likeness (QED) is 0.152. The predicted octanol–water partition coefficient (Wildman–Crippen LogP) is -1.17. The number of hydrogen-bond donors (Lipinski definition) is 7. The molecule has 3 aromatic rings. The van der Waals surface area contributed by atoms with Gasteiger partial charge in [0.05, 0.1) is 34.0 Å². The number of aliphatic hydroxyl groups is 6. The molecule has 0 radical (unpaired) electrons. The van der Waals surface area contributed by atoms with E-state index in [-0.39, 0.29) is 39.7 Å². The highest BCUT2D eigenvalue weighted by atomic mass is 16.8. The van der Waals surface area contributed by atoms with E-state index in [1.807, 2.05) is 0 Å². The van der Waals surface area contributed by atoms with Crippen molar-refractivity contribution in [1.82, 2.24) is 0 Å². The minimum Gasteiger partial charge on any atom is -0.507 e. The zero-order valence-electron chi connectivity index (χ0n) is 23.0. The van der Waals surface area contributed by atoms with Gasteiger partial charge in [-0.1, -0.05) is 0 Å². The molecule has 0 unspecified atom stereocenters. The lowest BCUT2D eigenvalue weighted by molar-refractivity contribution is -0.319. The lowest BCUT2D eigenvalue weighted by Crippen LogP contribution is -2.62. The zero-order valence-corrected chi connectivity index (χ0v) is 23.0. The molecule has 5 rings (SSSR count). The van der Waals surface area contributed by atoms with Crippen LogP contribution in [0.4, 0.5) is 0 Å². The lowest BCUT2D eigenvalue weighted by Gasteiger charge is -2.42. The van der Waals surface area contributed by atoms with E-state index in [4.69, 9.17) is 32.8 Å². The van der Waals surface area contributed by atoms with Gasteiger partial charge in [-0.3, -0.25) is 4.79 Å². The van der Waals surface area contributed by atoms with Crippen molar-refractivity contribution in [2.24, 2.45) is 0 Å². The smallest absolute Gasteiger partial charge is 0.229 e. The molecule has 0 spiro atoms. The number of aromatic hydroxyl groups is 1. The Labute approximate surface area is 243 Å². The minimum absolute atomic E-state index is 0.0232. The van der Waals surface area contributed by atoms with Crippen molar-refractivity contribution in [1.29, 1.82) is 0 Å². The zero-order chi connectivity index (χ0) is 31.1. The number of benzene rings is 2. The maximum atomic E-state index is 12.8. The number of phenolic OH excluding ortho intramolecular Hbond substituents is 1. The first-order valence-corrected chi connectivity index (χ1v) is 13.1. The maximum Gasteiger partial charge on any atom is 0.229 e. The van der Waals surface area contributed by atoms with Crippen LogP contribution in [0.25, 0.3) is 22.3 Å². The van der Waals surface area contributed by atoms with Crippen LogP contribution in [0.2, 0.25) is 0 Å². The SMILES string of the molecule is COc1cc(O)c2c(=O)cc(-c3ccc(O[C@@H]4O[C@H](CO)[C@@H](O)[C@H](O)[C@H]4O[C@@H]4OC[C@](O)(CO)[C@H]4O)c(OC)c3)oc2c1. The minimum atomic E-state index is -2.02. The maximum absolute atomic E-state index is 12.8. The van der Waals surface area contributed by atoms with E-state index in [1.54, 1.807) is 0 Å². The number of methoxy groups -OCH3 is 2. The molecule has 234 valence electrons. The molecule has 2 fully saturated rings. The Morgan fingerprint density at radius 2 is 1.74 bits per heavy atom. The van der Waals surface area contributed by atoms with Crippen LogP contribution < -0.4 is 19.6 Å². The number of ether oxygens (including phenoxy) is 6. The van der Waals surface area contributed by atoms with Crippen molar-refractivity contribution in [2.75, 3.05) is 34.0 Å². The van der Waals surface area contributed by atoms with Crippen LogP contribution in [-0.4, -0.2) is 118 Å². The van der Waals surface area contributed by atoms with Crippen molar-refractivity contribution >= 4 is 11.0 Å². The van der Waals surface area contributed by atoms with Crippen LogP contribution in [0, 0.1) is 0 Å². The van der Waals surface area contributed by atoms with Gasteiger partial charge in [0.1, 0.15) is 58.2 Å². The molecule has 0 saturated carbocycles. The molecule has 1 aromatic heterocycles. The third-order valence-electron chi connectivity index (χ3n) is 7.41. The van der Waals surface area contributed by atoms with Crippen molar-refractivity contribution in [3.63, 3.8) is 0 Å². The molecule has 43 heavy (non-hydrogen) atoms. The number of fused-ring (bicyclic) bond motifs is 1. The Balaban J connectivity index is 1.45. The summed E-state index contributed by atoms with van der Waals surface area (Å²) in [7, 11) is 2.74. The summed E-state index contributed by atoms with van der Waals surface area (Å²) in [5.41, 5.74) is -2.05. The Morgan fingerprint density at radius 3 is 2.40 bits per heavy atom. The molecule has 2 aliphatic heterocycles. The molecule has 0 amide bonds. The largest absolute Gasteiger partial charge is 0.507 e. The second-order valence-electron chi connectivity index (χ2n) is 10.2. The second kappa shape index (κ2) is 12.2. The Bertz CT molecular complexity index is 1510. The monoisotopic (exact) mass is 608 g/mol. The number of rotatable bonds is 9. The molecular weight excluding hydrogens is 576 g/mol. The van der Waals surface area contributed by atoms with Gasteiger partial charge in [0, 0.05) is 23.8 Å². The number of phenols is 1. The van der Waals surface area contributed by atoms with E-state index in [9.17, 15) is 40.5 Å². The van der Waals surface area contributed by atoms with Gasteiger partial charge in [0.15, 0.2) is 29.3 Å². The highest BCUT2D eigenvalue weighted by Gasteiger charge is 2.53. The summed E-state index contributed by atoms with van der Waals surface area (Å²) in [6, 6.07) is 8.40. The van der Waals surface area contributed by atoms with E-state index in [2.05, 4.69) is 0 Å². The van der Waals surface area contributed by atoms with Crippen molar-refractivity contribution < 1.29 is 68.6 Å². The molecule has 8 atom stereocenters. The van der Waals surface area contributed by atoms with Crippen LogP contribution in [0.1, 0.15) is 0 Å². The molecule has 15 nitrogen and oxygen atoms in total. The van der Waals surface area contributed by atoms with Crippen LogP contribution >= 0.6 is 0 Å². The van der Waals surface area contributed by atoms with Crippen molar-refractivity contribution in [2.45, 2.75) is 48.7 Å². The van der Waals surface area contributed by atoms with Crippen LogP contribution in [0.5, 0.6) is 23.0 Å². The Hall–Kier alpha value is -3.51. The molecule has 3 heterocycles. The van der Waals surface area contributed by atoms with Gasteiger partial charge in [0.2, 0.25) is 6.29 Å². The molecular formula is C28H32O15. The first kappa shape index (κ1) is 30.9. The van der Waals surface area contributed by atoms with Crippen LogP contribution in [0.15, 0.2) is 45.6 Å². The highest BCUT2D eigenvalue weighted by molar-refractivity contribution is 5.86. The average molecular weight is 609 g/mol. The molecule has 2 saturated heterocycles. The average Bonchev–Trinajstić information content (AvgIpc) is 3.29. The van der Waals surface area contributed by atoms with Crippen molar-refractivity contribution in [3.05, 3.63) is 46.6 Å². The topological polar surface area (TPSA) is 227 Å². The Kier molecular flexibility index (Phi) is 8.80. The third kappa shape index (κ3) is 5.74. The normalized spacial score (nSPS) is 30.8. The first-order chi connectivity index (χ1) is 20.5. The second-order valence-corrected chi connectivity index (χ2v) is 10.2. The summed E-state index contributed by atoms with van der Waals surface area (Å²) in [6.07, 6.45) is -10.9. The van der Waals surface area contributed by atoms with E-state index in [0.717, 1.165) is 0 Å². The van der Waals surface area contributed by atoms with Gasteiger partial charge in [-0.05, 0) is 18.2 Å². The fourth-order valence-corrected chi connectivity index (χ4v) is 4.91. The summed E-state index contributed by atoms with van der Waals surface area (Å²) < 4.78 is 39.0. The summed E-state index contributed by atoms with van der Waals surface area (Å²) in [5.74, 6) is 0.273. The van der Waals surface area contributed by atoms with Gasteiger partial charge in [-0.25, -0.2) is 0 Å². The third-order valence-corrected chi connectivity index (χ3v) is 7.41. The van der Waals surface area contributed by atoms with Gasteiger partial charge in [0.25, 0.3) is 0 Å². The first-order valence-electron chi connectivity index (χ1n) is 13.1. The van der Waals surface area contributed by atoms with Gasteiger partial charge < -0.3 is 68.6 Å². The summed E-state index contributed by atoms with van der Waals surface area (Å²) in [6.45, 7) is -1.99. The number of hydrogen-bond acceptors (Lipinski definition) is 15. The van der Waals surface area contributed by atoms with Crippen molar-refractivity contribution in [3.8, 4) is 34.3 Å². The fourth-order valence-electron chi connectivity index (χ4n) is 4.91. The summed E-state index contributed by atoms with van der Waals surface area (Å²) >= 11 is 0. The lowest BCUT2D eigenvalue weighted by atomic mass is 9.98. The Morgan fingerprint density at radius 1 is 0.977 bits per heavy atom. The molecule has 2 aliphatic rings. The highest BCUT2D eigenvalue weighted by Crippen LogP contribution is 2.38. The molecule has 0 bridgehead atoms. The van der Waals surface area contributed by atoms with Gasteiger partial charge in [-0.2, -0.15) is 0 Å². The van der Waals surface area contributed by atoms with E-state index >= 15 is 0 Å². The fraction of sp³-hybridized carbons (Fsp3) is 0.464. The standard InChI is InChI=1S/C28H32O15/c1-37-13-6-14(31)21-15(32)8-17(40-19(21)7-13)12-3-4-16(18(5-12)38-2)41-26-24(23(34)22(33)20(9-29)42-26)43-27-25(35)28(36,10-30)11-39-27/h3-8,20,22-27,29-31,33-36H,9-11H2,1-2H3/t20-,22-,23+,24-,25+,26-,27+,28-/m1/s1. The summed E-state index contributed by atoms with van der Waals surface area (Å²) in [5, 5.41) is 71.3. The number of aliphatic hydroxyl groups excluding tert-OH is 5. The van der Waals surface area contributed by atoms with Crippen LogP contribution in [-0.2, 0) is 14.2 Å². The van der Waals surface area contributed by atoms with Gasteiger partial charge in [-0.15, -0.1) is 0 Å². The van der Waals surface area contributed by atoms with Gasteiger partial charge >= 0.3 is 0 Å². The molecule has 0 aliphatic carbocycles. The molecule has 2 aromatic carbocycles. The molecule has 7 N–H and O–H groups in total.